The van der Waals surface area contributed by atoms with E-state index in [0.717, 1.165) is 5.56 Å². The quantitative estimate of drug-likeness (QED) is 0.262. The molecule has 10 heteroatoms. The number of nitrogens with two attached hydrogens (primary N) is 1. The fraction of sp³-hybridized carbons (Fsp3) is 0.524. The third-order valence-corrected chi connectivity index (χ3v) is 4.68. The van der Waals surface area contributed by atoms with Gasteiger partial charge in [-0.05, 0) is 31.7 Å². The van der Waals surface area contributed by atoms with Crippen molar-refractivity contribution in [1.82, 2.24) is 16.0 Å². The molecule has 1 aromatic rings. The van der Waals surface area contributed by atoms with Crippen LogP contribution in [0.25, 0.3) is 0 Å². The third kappa shape index (κ3) is 8.35. The fourth-order valence-electron chi connectivity index (χ4n) is 2.79. The number of aliphatic carboxylic acids is 1. The van der Waals surface area contributed by atoms with Gasteiger partial charge in [0, 0.05) is 0 Å². The van der Waals surface area contributed by atoms with Crippen LogP contribution in [0.5, 0.6) is 0 Å². The molecule has 0 fully saturated rings. The van der Waals surface area contributed by atoms with Crippen molar-refractivity contribution in [2.24, 2.45) is 11.7 Å². The van der Waals surface area contributed by atoms with Crippen molar-refractivity contribution in [2.75, 3.05) is 0 Å². The SMILES string of the molecule is CC(NC(=O)C(N)Cc1ccccc1)C(=O)NC(C(=O)NC(C(=O)O)C(C)O)C(C)C. The first-order valence-corrected chi connectivity index (χ1v) is 10.1. The van der Waals surface area contributed by atoms with Crippen molar-refractivity contribution in [3.8, 4) is 0 Å². The van der Waals surface area contributed by atoms with Crippen LogP contribution in [0.1, 0.15) is 33.3 Å². The summed E-state index contributed by atoms with van der Waals surface area (Å²) in [5, 5.41) is 25.9. The van der Waals surface area contributed by atoms with Gasteiger partial charge in [-0.25, -0.2) is 4.79 Å². The summed E-state index contributed by atoms with van der Waals surface area (Å²) in [6.07, 6.45) is -1.03. The number of aliphatic hydroxyl groups excluding tert-OH is 1. The minimum Gasteiger partial charge on any atom is -0.480 e. The molecule has 0 saturated heterocycles. The first-order chi connectivity index (χ1) is 14.4. The molecule has 0 spiro atoms. The van der Waals surface area contributed by atoms with Crippen molar-refractivity contribution < 1.29 is 29.4 Å². The van der Waals surface area contributed by atoms with Gasteiger partial charge < -0.3 is 31.9 Å². The number of hydrogen-bond acceptors (Lipinski definition) is 6. The molecule has 1 rings (SSSR count). The predicted molar refractivity (Wildman–Crippen MR) is 114 cm³/mol. The second-order valence-corrected chi connectivity index (χ2v) is 7.82. The first kappa shape index (κ1) is 26.1. The van der Waals surface area contributed by atoms with Crippen molar-refractivity contribution in [3.63, 3.8) is 0 Å². The van der Waals surface area contributed by atoms with E-state index in [1.54, 1.807) is 13.8 Å². The zero-order chi connectivity index (χ0) is 23.7. The largest absolute Gasteiger partial charge is 0.480 e. The fourth-order valence-corrected chi connectivity index (χ4v) is 2.79. The van der Waals surface area contributed by atoms with Gasteiger partial charge in [0.15, 0.2) is 6.04 Å². The summed E-state index contributed by atoms with van der Waals surface area (Å²) >= 11 is 0. The number of carbonyl (C=O) groups excluding carboxylic acids is 3. The second kappa shape index (κ2) is 12.0. The molecule has 0 aliphatic carbocycles. The van der Waals surface area contributed by atoms with Crippen molar-refractivity contribution >= 4 is 23.7 Å². The molecule has 0 bridgehead atoms. The molecule has 0 aliphatic heterocycles. The average molecular weight is 437 g/mol. The van der Waals surface area contributed by atoms with Gasteiger partial charge in [0.05, 0.1) is 12.1 Å². The number of carbonyl (C=O) groups is 4. The van der Waals surface area contributed by atoms with Crippen LogP contribution in [0.15, 0.2) is 30.3 Å². The number of carboxylic acid groups (broad SMARTS) is 1. The Kier molecular flexibility index (Phi) is 10.1. The molecule has 5 atom stereocenters. The summed E-state index contributed by atoms with van der Waals surface area (Å²) in [5.41, 5.74) is 6.80. The number of rotatable bonds is 11. The van der Waals surface area contributed by atoms with Gasteiger partial charge in [0.25, 0.3) is 0 Å². The van der Waals surface area contributed by atoms with Gasteiger partial charge in [-0.15, -0.1) is 0 Å². The highest BCUT2D eigenvalue weighted by Crippen LogP contribution is 2.05. The molecule has 3 amide bonds. The van der Waals surface area contributed by atoms with Gasteiger partial charge in [-0.3, -0.25) is 14.4 Å². The van der Waals surface area contributed by atoms with E-state index in [1.807, 2.05) is 30.3 Å². The molecule has 5 unspecified atom stereocenters. The van der Waals surface area contributed by atoms with E-state index in [-0.39, 0.29) is 5.92 Å². The van der Waals surface area contributed by atoms with Crippen LogP contribution >= 0.6 is 0 Å². The zero-order valence-electron chi connectivity index (χ0n) is 18.2. The Morgan fingerprint density at radius 2 is 1.42 bits per heavy atom. The molecular weight excluding hydrogens is 404 g/mol. The molecule has 0 aromatic heterocycles. The highest BCUT2D eigenvalue weighted by molar-refractivity contribution is 5.94. The smallest absolute Gasteiger partial charge is 0.328 e. The normalized spacial score (nSPS) is 15.8. The summed E-state index contributed by atoms with van der Waals surface area (Å²) in [4.78, 5) is 48.5. The summed E-state index contributed by atoms with van der Waals surface area (Å²) in [6, 6.07) is 4.78. The number of benzene rings is 1. The lowest BCUT2D eigenvalue weighted by Gasteiger charge is -2.26. The predicted octanol–water partition coefficient (Wildman–Crippen LogP) is -0.848. The Bertz CT molecular complexity index is 768. The first-order valence-electron chi connectivity index (χ1n) is 10.1. The average Bonchev–Trinajstić information content (AvgIpc) is 2.69. The lowest BCUT2D eigenvalue weighted by atomic mass is 10.0. The topological polar surface area (TPSA) is 171 Å². The van der Waals surface area contributed by atoms with Gasteiger partial charge >= 0.3 is 5.97 Å². The molecule has 1 aromatic carbocycles. The van der Waals surface area contributed by atoms with Crippen molar-refractivity contribution in [1.29, 1.82) is 0 Å². The van der Waals surface area contributed by atoms with Gasteiger partial charge in [-0.2, -0.15) is 0 Å². The molecule has 0 saturated carbocycles. The number of amides is 3. The van der Waals surface area contributed by atoms with E-state index in [0.29, 0.717) is 6.42 Å². The Labute approximate surface area is 181 Å². The minimum absolute atomic E-state index is 0.300. The van der Waals surface area contributed by atoms with Crippen LogP contribution in [0.2, 0.25) is 0 Å². The summed E-state index contributed by atoms with van der Waals surface area (Å²) in [7, 11) is 0. The van der Waals surface area contributed by atoms with E-state index in [2.05, 4.69) is 16.0 Å². The Balaban J connectivity index is 2.70. The monoisotopic (exact) mass is 436 g/mol. The van der Waals surface area contributed by atoms with Crippen LogP contribution in [0.4, 0.5) is 0 Å². The van der Waals surface area contributed by atoms with Crippen LogP contribution in [-0.2, 0) is 25.6 Å². The molecule has 7 N–H and O–H groups in total. The van der Waals surface area contributed by atoms with E-state index in [4.69, 9.17) is 10.8 Å². The highest BCUT2D eigenvalue weighted by atomic mass is 16.4. The van der Waals surface area contributed by atoms with E-state index in [1.165, 1.54) is 13.8 Å². The molecule has 10 nitrogen and oxygen atoms in total. The molecule has 172 valence electrons. The minimum atomic E-state index is -1.52. The van der Waals surface area contributed by atoms with Crippen LogP contribution in [0, 0.1) is 5.92 Å². The highest BCUT2D eigenvalue weighted by Gasteiger charge is 2.32. The van der Waals surface area contributed by atoms with E-state index >= 15 is 0 Å². The molecule has 0 radical (unpaired) electrons. The molecule has 0 aliphatic rings. The summed E-state index contributed by atoms with van der Waals surface area (Å²) < 4.78 is 0. The summed E-state index contributed by atoms with van der Waals surface area (Å²) in [6.45, 7) is 6.02. The molecule has 0 heterocycles. The van der Waals surface area contributed by atoms with Crippen LogP contribution in [0.3, 0.4) is 0 Å². The Hall–Kier alpha value is -2.98. The Morgan fingerprint density at radius 3 is 1.90 bits per heavy atom. The van der Waals surface area contributed by atoms with Gasteiger partial charge in [-0.1, -0.05) is 44.2 Å². The van der Waals surface area contributed by atoms with E-state index < -0.39 is 54.0 Å². The molecule has 31 heavy (non-hydrogen) atoms. The van der Waals surface area contributed by atoms with E-state index in [9.17, 15) is 24.3 Å². The maximum atomic E-state index is 12.5. The maximum absolute atomic E-state index is 12.5. The standard InChI is InChI=1S/C21H32N4O6/c1-11(2)16(20(29)25-17(13(4)26)21(30)31)24-18(27)12(3)23-19(28)15(22)10-14-8-6-5-7-9-14/h5-9,11-13,15-17,26H,10,22H2,1-4H3,(H,23,28)(H,24,27)(H,25,29)(H,30,31). The third-order valence-electron chi connectivity index (χ3n) is 4.68. The maximum Gasteiger partial charge on any atom is 0.328 e. The molecular formula is C21H32N4O6. The second-order valence-electron chi connectivity index (χ2n) is 7.82. The van der Waals surface area contributed by atoms with Gasteiger partial charge in [0.1, 0.15) is 12.1 Å². The zero-order valence-corrected chi connectivity index (χ0v) is 18.2. The van der Waals surface area contributed by atoms with Crippen molar-refractivity contribution in [2.45, 2.75) is 64.4 Å². The van der Waals surface area contributed by atoms with Crippen LogP contribution in [-0.4, -0.2) is 64.2 Å². The van der Waals surface area contributed by atoms with Crippen LogP contribution < -0.4 is 21.7 Å². The number of nitrogens with one attached hydrogen (secondary N) is 3. The lowest BCUT2D eigenvalue weighted by molar-refractivity contribution is -0.145. The number of hydrogen-bond donors (Lipinski definition) is 6. The van der Waals surface area contributed by atoms with Gasteiger partial charge in [0.2, 0.25) is 17.7 Å². The summed E-state index contributed by atoms with van der Waals surface area (Å²) in [5.74, 6) is -3.67. The number of aliphatic hydroxyl groups is 1. The Morgan fingerprint density at radius 1 is 0.871 bits per heavy atom. The van der Waals surface area contributed by atoms with Crippen molar-refractivity contribution in [3.05, 3.63) is 35.9 Å². The number of carboxylic acids is 1. The lowest BCUT2D eigenvalue weighted by Crippen LogP contribution is -2.59.